The van der Waals surface area contributed by atoms with Gasteiger partial charge in [0, 0.05) is 29.8 Å². The molecule has 0 aromatic heterocycles. The Morgan fingerprint density at radius 2 is 2.21 bits per heavy atom. The number of hydrogen-bond donors (Lipinski definition) is 2. The third kappa shape index (κ3) is 2.21. The summed E-state index contributed by atoms with van der Waals surface area (Å²) in [5.74, 6) is 0.816. The van der Waals surface area contributed by atoms with Crippen LogP contribution >= 0.6 is 0 Å². The van der Waals surface area contributed by atoms with E-state index < -0.39 is 0 Å². The van der Waals surface area contributed by atoms with Crippen LogP contribution in [0.25, 0.3) is 0 Å². The van der Waals surface area contributed by atoms with E-state index in [1.165, 1.54) is 19.3 Å². The molecular formula is C15H20N2O2. The van der Waals surface area contributed by atoms with Crippen LogP contribution < -0.4 is 15.4 Å². The van der Waals surface area contributed by atoms with Crippen molar-refractivity contribution in [2.75, 3.05) is 7.11 Å². The predicted molar refractivity (Wildman–Crippen MR) is 73.3 cm³/mol. The monoisotopic (exact) mass is 260 g/mol. The predicted octanol–water partition coefficient (Wildman–Crippen LogP) is 1.97. The minimum absolute atomic E-state index is 0.00464. The summed E-state index contributed by atoms with van der Waals surface area (Å²) >= 11 is 0. The number of fused-ring (bicyclic) bond motifs is 1. The second-order valence-electron chi connectivity index (χ2n) is 5.77. The Balaban J connectivity index is 1.82. The van der Waals surface area contributed by atoms with Crippen LogP contribution in [0.5, 0.6) is 5.75 Å². The Kier molecular flexibility index (Phi) is 2.97. The molecule has 1 aliphatic carbocycles. The Morgan fingerprint density at radius 1 is 1.42 bits per heavy atom. The molecule has 1 aromatic rings. The summed E-state index contributed by atoms with van der Waals surface area (Å²) in [5, 5.41) is 6.42. The molecule has 0 unspecified atom stereocenters. The van der Waals surface area contributed by atoms with Crippen LogP contribution in [0.2, 0.25) is 0 Å². The molecule has 1 amide bonds. The van der Waals surface area contributed by atoms with Crippen molar-refractivity contribution in [3.8, 4) is 5.75 Å². The van der Waals surface area contributed by atoms with E-state index in [-0.39, 0.29) is 11.4 Å². The molecule has 2 N–H and O–H groups in total. The van der Waals surface area contributed by atoms with Gasteiger partial charge >= 0.3 is 0 Å². The van der Waals surface area contributed by atoms with Crippen LogP contribution in [-0.2, 0) is 13.1 Å². The van der Waals surface area contributed by atoms with Crippen molar-refractivity contribution >= 4 is 5.91 Å². The third-order valence-corrected chi connectivity index (χ3v) is 4.34. The molecule has 0 spiro atoms. The smallest absolute Gasteiger partial charge is 0.252 e. The highest BCUT2D eigenvalue weighted by Gasteiger charge is 2.31. The Labute approximate surface area is 113 Å². The second kappa shape index (κ2) is 4.53. The molecule has 1 aromatic carbocycles. The van der Waals surface area contributed by atoms with Crippen LogP contribution in [0.3, 0.4) is 0 Å². The van der Waals surface area contributed by atoms with E-state index in [1.54, 1.807) is 7.11 Å². The van der Waals surface area contributed by atoms with E-state index in [2.05, 4.69) is 17.6 Å². The van der Waals surface area contributed by atoms with Gasteiger partial charge in [0.25, 0.3) is 5.91 Å². The topological polar surface area (TPSA) is 50.4 Å². The molecule has 0 bridgehead atoms. The lowest BCUT2D eigenvalue weighted by atomic mass is 9.78. The number of rotatable bonds is 4. The van der Waals surface area contributed by atoms with Crippen molar-refractivity contribution < 1.29 is 9.53 Å². The van der Waals surface area contributed by atoms with E-state index in [0.29, 0.717) is 6.54 Å². The fourth-order valence-electron chi connectivity index (χ4n) is 2.83. The van der Waals surface area contributed by atoms with E-state index in [1.807, 2.05) is 12.1 Å². The largest absolute Gasteiger partial charge is 0.496 e. The summed E-state index contributed by atoms with van der Waals surface area (Å²) in [6, 6.07) is 4.02. The summed E-state index contributed by atoms with van der Waals surface area (Å²) in [6.45, 7) is 3.62. The summed E-state index contributed by atoms with van der Waals surface area (Å²) in [5.41, 5.74) is 3.12. The van der Waals surface area contributed by atoms with E-state index in [9.17, 15) is 4.79 Å². The second-order valence-corrected chi connectivity index (χ2v) is 5.77. The zero-order chi connectivity index (χ0) is 13.5. The number of benzene rings is 1. The van der Waals surface area contributed by atoms with Gasteiger partial charge in [-0.15, -0.1) is 0 Å². The van der Waals surface area contributed by atoms with Crippen molar-refractivity contribution in [1.82, 2.24) is 10.6 Å². The minimum atomic E-state index is 0.00464. The number of carbonyl (C=O) groups is 1. The van der Waals surface area contributed by atoms with Crippen molar-refractivity contribution in [2.24, 2.45) is 0 Å². The van der Waals surface area contributed by atoms with Crippen LogP contribution in [0.1, 0.15) is 47.7 Å². The quantitative estimate of drug-likeness (QED) is 0.870. The first-order chi connectivity index (χ1) is 9.11. The van der Waals surface area contributed by atoms with Gasteiger partial charge in [0.05, 0.1) is 7.11 Å². The maximum atomic E-state index is 11.8. The van der Waals surface area contributed by atoms with Crippen molar-refractivity contribution in [1.29, 1.82) is 0 Å². The van der Waals surface area contributed by atoms with Crippen LogP contribution in [0.15, 0.2) is 12.1 Å². The molecule has 4 nitrogen and oxygen atoms in total. The van der Waals surface area contributed by atoms with E-state index in [4.69, 9.17) is 4.74 Å². The highest BCUT2D eigenvalue weighted by molar-refractivity contribution is 5.99. The number of ether oxygens (including phenoxy) is 1. The lowest BCUT2D eigenvalue weighted by molar-refractivity contribution is 0.0965. The molecule has 0 atom stereocenters. The summed E-state index contributed by atoms with van der Waals surface area (Å²) in [6.07, 6.45) is 3.77. The Bertz CT molecular complexity index is 521. The molecule has 0 radical (unpaired) electrons. The maximum Gasteiger partial charge on any atom is 0.252 e. The molecule has 1 saturated carbocycles. The standard InChI is InChI=1S/C15H20N2O2/c1-15(4-3-5-15)17-8-10-6-11-12(9-16-14(11)18)13(7-10)19-2/h6-7,17H,3-5,8-9H2,1-2H3,(H,16,18). The van der Waals surface area contributed by atoms with E-state index >= 15 is 0 Å². The first-order valence-corrected chi connectivity index (χ1v) is 6.84. The molecule has 2 aliphatic rings. The first kappa shape index (κ1) is 12.5. The first-order valence-electron chi connectivity index (χ1n) is 6.84. The van der Waals surface area contributed by atoms with Gasteiger partial charge in [0.15, 0.2) is 0 Å². The molecule has 19 heavy (non-hydrogen) atoms. The average molecular weight is 260 g/mol. The van der Waals surface area contributed by atoms with Crippen molar-refractivity contribution in [2.45, 2.75) is 44.8 Å². The molecule has 3 rings (SSSR count). The highest BCUT2D eigenvalue weighted by Crippen LogP contribution is 2.32. The van der Waals surface area contributed by atoms with Gasteiger partial charge in [-0.25, -0.2) is 0 Å². The SMILES string of the molecule is COc1cc(CNC2(C)CCC2)cc2c1CNC2=O. The van der Waals surface area contributed by atoms with Gasteiger partial charge < -0.3 is 15.4 Å². The number of methoxy groups -OCH3 is 1. The number of amides is 1. The summed E-state index contributed by atoms with van der Waals surface area (Å²) in [7, 11) is 1.66. The minimum Gasteiger partial charge on any atom is -0.496 e. The summed E-state index contributed by atoms with van der Waals surface area (Å²) < 4.78 is 5.40. The van der Waals surface area contributed by atoms with Gasteiger partial charge in [-0.1, -0.05) is 0 Å². The van der Waals surface area contributed by atoms with Gasteiger partial charge in [-0.05, 0) is 43.9 Å². The zero-order valence-electron chi connectivity index (χ0n) is 11.5. The molecular weight excluding hydrogens is 240 g/mol. The fourth-order valence-corrected chi connectivity index (χ4v) is 2.83. The molecule has 0 saturated heterocycles. The van der Waals surface area contributed by atoms with Crippen molar-refractivity contribution in [3.63, 3.8) is 0 Å². The number of nitrogens with one attached hydrogen (secondary N) is 2. The lowest BCUT2D eigenvalue weighted by Gasteiger charge is -2.39. The fraction of sp³-hybridized carbons (Fsp3) is 0.533. The van der Waals surface area contributed by atoms with Gasteiger partial charge in [-0.2, -0.15) is 0 Å². The molecule has 1 aliphatic heterocycles. The van der Waals surface area contributed by atoms with E-state index in [0.717, 1.165) is 29.0 Å². The van der Waals surface area contributed by atoms with Crippen LogP contribution in [0, 0.1) is 0 Å². The maximum absolute atomic E-state index is 11.8. The van der Waals surface area contributed by atoms with Crippen LogP contribution in [0.4, 0.5) is 0 Å². The third-order valence-electron chi connectivity index (χ3n) is 4.34. The lowest BCUT2D eigenvalue weighted by Crippen LogP contribution is -2.47. The number of carbonyl (C=O) groups excluding carboxylic acids is 1. The van der Waals surface area contributed by atoms with Gasteiger partial charge in [0.2, 0.25) is 0 Å². The Morgan fingerprint density at radius 3 is 2.84 bits per heavy atom. The summed E-state index contributed by atoms with van der Waals surface area (Å²) in [4.78, 5) is 11.8. The normalized spacial score (nSPS) is 19.6. The zero-order valence-corrected chi connectivity index (χ0v) is 11.5. The molecule has 4 heteroatoms. The highest BCUT2D eigenvalue weighted by atomic mass is 16.5. The van der Waals surface area contributed by atoms with Gasteiger partial charge in [-0.3, -0.25) is 4.79 Å². The molecule has 102 valence electrons. The van der Waals surface area contributed by atoms with Crippen molar-refractivity contribution in [3.05, 3.63) is 28.8 Å². The number of hydrogen-bond acceptors (Lipinski definition) is 3. The average Bonchev–Trinajstić information content (AvgIpc) is 2.75. The molecule has 1 heterocycles. The van der Waals surface area contributed by atoms with Gasteiger partial charge in [0.1, 0.15) is 5.75 Å². The Hall–Kier alpha value is -1.55. The molecule has 1 fully saturated rings. The van der Waals surface area contributed by atoms with Crippen LogP contribution in [-0.4, -0.2) is 18.6 Å².